The second-order valence-electron chi connectivity index (χ2n) is 5.94. The van der Waals surface area contributed by atoms with E-state index in [0.717, 1.165) is 0 Å². The number of nitrogens with two attached hydrogens (primary N) is 1. The van der Waals surface area contributed by atoms with Gasteiger partial charge in [-0.25, -0.2) is 4.79 Å². The smallest absolute Gasteiger partial charge is 0.315 e. The van der Waals surface area contributed by atoms with Crippen LogP contribution in [0.2, 0.25) is 0 Å². The molecule has 1 rings (SSSR count). The van der Waals surface area contributed by atoms with Gasteiger partial charge >= 0.3 is 6.03 Å². The summed E-state index contributed by atoms with van der Waals surface area (Å²) in [5.74, 6) is 0.775. The van der Waals surface area contributed by atoms with Gasteiger partial charge in [0.2, 0.25) is 5.91 Å². The van der Waals surface area contributed by atoms with Crippen LogP contribution in [0.5, 0.6) is 11.5 Å². The maximum Gasteiger partial charge on any atom is 0.315 e. The summed E-state index contributed by atoms with van der Waals surface area (Å²) in [6.07, 6.45) is 0. The fourth-order valence-corrected chi connectivity index (χ4v) is 1.66. The minimum Gasteiger partial charge on any atom is -0.493 e. The fourth-order valence-electron chi connectivity index (χ4n) is 1.66. The molecular weight excluding hydrogens is 298 g/mol. The van der Waals surface area contributed by atoms with E-state index in [9.17, 15) is 9.59 Å². The zero-order chi connectivity index (χ0) is 17.5. The van der Waals surface area contributed by atoms with Gasteiger partial charge in [-0.2, -0.15) is 0 Å². The molecule has 0 aliphatic heterocycles. The van der Waals surface area contributed by atoms with Gasteiger partial charge in [-0.3, -0.25) is 4.79 Å². The number of benzene rings is 1. The first-order valence-electron chi connectivity index (χ1n) is 7.36. The molecule has 0 aromatic heterocycles. The van der Waals surface area contributed by atoms with Crippen molar-refractivity contribution in [1.82, 2.24) is 10.6 Å². The third-order valence-corrected chi connectivity index (χ3v) is 3.29. The number of rotatable bonds is 8. The van der Waals surface area contributed by atoms with E-state index in [2.05, 4.69) is 10.6 Å². The average molecular weight is 323 g/mol. The lowest BCUT2D eigenvalue weighted by Crippen LogP contribution is -2.48. The Morgan fingerprint density at radius 1 is 1.26 bits per heavy atom. The van der Waals surface area contributed by atoms with Crippen molar-refractivity contribution in [3.8, 4) is 11.5 Å². The Labute approximate surface area is 136 Å². The van der Waals surface area contributed by atoms with E-state index in [4.69, 9.17) is 15.2 Å². The molecule has 7 nitrogen and oxygen atoms in total. The molecule has 128 valence electrons. The fraction of sp³-hybridized carbons (Fsp3) is 0.500. The molecule has 1 aromatic rings. The molecule has 0 aliphatic rings. The summed E-state index contributed by atoms with van der Waals surface area (Å²) in [6.45, 7) is 5.60. The van der Waals surface area contributed by atoms with Gasteiger partial charge in [0.25, 0.3) is 0 Å². The van der Waals surface area contributed by atoms with Crippen molar-refractivity contribution < 1.29 is 19.1 Å². The molecule has 0 radical (unpaired) electrons. The summed E-state index contributed by atoms with van der Waals surface area (Å²) in [4.78, 5) is 23.0. The number of methoxy groups -OCH3 is 1. The number of primary amides is 1. The van der Waals surface area contributed by atoms with Crippen molar-refractivity contribution >= 4 is 11.9 Å². The van der Waals surface area contributed by atoms with Crippen LogP contribution in [0.15, 0.2) is 24.3 Å². The number of urea groups is 1. The van der Waals surface area contributed by atoms with Crippen LogP contribution in [0.1, 0.15) is 20.8 Å². The van der Waals surface area contributed by atoms with Crippen molar-refractivity contribution in [3.63, 3.8) is 0 Å². The average Bonchev–Trinajstić information content (AvgIpc) is 2.51. The second-order valence-corrected chi connectivity index (χ2v) is 5.94. The normalized spacial score (nSPS) is 12.2. The molecule has 0 bridgehead atoms. The molecule has 0 saturated heterocycles. The highest BCUT2D eigenvalue weighted by molar-refractivity contribution is 5.81. The van der Waals surface area contributed by atoms with E-state index in [1.54, 1.807) is 33.1 Å². The van der Waals surface area contributed by atoms with Crippen LogP contribution in [-0.2, 0) is 4.79 Å². The van der Waals surface area contributed by atoms with Gasteiger partial charge in [-0.1, -0.05) is 12.1 Å². The van der Waals surface area contributed by atoms with Crippen LogP contribution in [0.3, 0.4) is 0 Å². The first-order chi connectivity index (χ1) is 10.8. The van der Waals surface area contributed by atoms with E-state index in [0.29, 0.717) is 11.5 Å². The predicted molar refractivity (Wildman–Crippen MR) is 87.5 cm³/mol. The molecule has 0 saturated carbocycles. The van der Waals surface area contributed by atoms with Crippen LogP contribution in [0.4, 0.5) is 4.79 Å². The van der Waals surface area contributed by atoms with Gasteiger partial charge in [-0.15, -0.1) is 0 Å². The van der Waals surface area contributed by atoms with Crippen LogP contribution in [0, 0.1) is 5.41 Å². The molecule has 1 aromatic carbocycles. The molecule has 4 N–H and O–H groups in total. The third-order valence-electron chi connectivity index (χ3n) is 3.29. The standard InChI is InChI=1S/C16H25N3O4/c1-11(9-23-13-8-6-5-7-12(13)22-4)19-15(21)18-10-16(2,3)14(17)20/h5-8,11H,9-10H2,1-4H3,(H2,17,20)(H2,18,19,21). The topological polar surface area (TPSA) is 103 Å². The Bertz CT molecular complexity index is 546. The number of hydrogen-bond donors (Lipinski definition) is 3. The van der Waals surface area contributed by atoms with E-state index < -0.39 is 11.3 Å². The summed E-state index contributed by atoms with van der Waals surface area (Å²) in [7, 11) is 1.57. The molecule has 0 spiro atoms. The Morgan fingerprint density at radius 3 is 2.43 bits per heavy atom. The van der Waals surface area contributed by atoms with Gasteiger partial charge in [0.1, 0.15) is 6.61 Å². The maximum atomic E-state index is 11.8. The van der Waals surface area contributed by atoms with E-state index in [1.165, 1.54) is 0 Å². The Kier molecular flexibility index (Phi) is 6.68. The van der Waals surface area contributed by atoms with Crippen LogP contribution in [0.25, 0.3) is 0 Å². The van der Waals surface area contributed by atoms with Gasteiger partial charge in [0, 0.05) is 6.54 Å². The minimum atomic E-state index is -0.797. The van der Waals surface area contributed by atoms with Crippen LogP contribution >= 0.6 is 0 Å². The lowest BCUT2D eigenvalue weighted by Gasteiger charge is -2.22. The summed E-state index contributed by atoms with van der Waals surface area (Å²) in [5, 5.41) is 5.36. The Balaban J connectivity index is 2.40. The number of amides is 3. The molecule has 0 heterocycles. The SMILES string of the molecule is COc1ccccc1OCC(C)NC(=O)NCC(C)(C)C(N)=O. The zero-order valence-corrected chi connectivity index (χ0v) is 14.0. The molecule has 1 unspecified atom stereocenters. The molecule has 1 atom stereocenters. The first-order valence-corrected chi connectivity index (χ1v) is 7.36. The largest absolute Gasteiger partial charge is 0.493 e. The third kappa shape index (κ3) is 6.06. The molecular formula is C16H25N3O4. The van der Waals surface area contributed by atoms with Gasteiger partial charge in [-0.05, 0) is 32.9 Å². The second kappa shape index (κ2) is 8.26. The molecule has 0 aliphatic carbocycles. The Morgan fingerprint density at radius 2 is 1.87 bits per heavy atom. The molecule has 23 heavy (non-hydrogen) atoms. The number of hydrogen-bond acceptors (Lipinski definition) is 4. The predicted octanol–water partition coefficient (Wildman–Crippen LogP) is 1.27. The minimum absolute atomic E-state index is 0.161. The highest BCUT2D eigenvalue weighted by atomic mass is 16.5. The maximum absolute atomic E-state index is 11.8. The summed E-state index contributed by atoms with van der Waals surface area (Å²) < 4.78 is 10.8. The Hall–Kier alpha value is -2.44. The number of carbonyl (C=O) groups excluding carboxylic acids is 2. The number of carbonyl (C=O) groups is 2. The highest BCUT2D eigenvalue weighted by Gasteiger charge is 2.25. The van der Waals surface area contributed by atoms with Crippen LogP contribution < -0.4 is 25.8 Å². The summed E-state index contributed by atoms with van der Waals surface area (Å²) in [6, 6.07) is 6.68. The van der Waals surface area contributed by atoms with Gasteiger partial charge in [0.15, 0.2) is 11.5 Å². The van der Waals surface area contributed by atoms with E-state index in [1.807, 2.05) is 19.1 Å². The van der Waals surface area contributed by atoms with Crippen molar-refractivity contribution in [2.24, 2.45) is 11.1 Å². The lowest BCUT2D eigenvalue weighted by molar-refractivity contribution is -0.125. The number of ether oxygens (including phenoxy) is 2. The van der Waals surface area contributed by atoms with Crippen molar-refractivity contribution in [3.05, 3.63) is 24.3 Å². The molecule has 0 fully saturated rings. The van der Waals surface area contributed by atoms with Crippen molar-refractivity contribution in [2.75, 3.05) is 20.3 Å². The van der Waals surface area contributed by atoms with E-state index in [-0.39, 0.29) is 25.2 Å². The molecule has 7 heteroatoms. The zero-order valence-electron chi connectivity index (χ0n) is 14.0. The van der Waals surface area contributed by atoms with Crippen LogP contribution in [-0.4, -0.2) is 38.2 Å². The quantitative estimate of drug-likeness (QED) is 0.670. The van der Waals surface area contributed by atoms with Gasteiger partial charge < -0.3 is 25.8 Å². The number of para-hydroxylation sites is 2. The first kappa shape index (κ1) is 18.6. The monoisotopic (exact) mass is 323 g/mol. The van der Waals surface area contributed by atoms with E-state index >= 15 is 0 Å². The highest BCUT2D eigenvalue weighted by Crippen LogP contribution is 2.25. The summed E-state index contributed by atoms with van der Waals surface area (Å²) >= 11 is 0. The lowest BCUT2D eigenvalue weighted by atomic mass is 9.93. The van der Waals surface area contributed by atoms with Crippen molar-refractivity contribution in [1.29, 1.82) is 0 Å². The number of nitrogens with one attached hydrogen (secondary N) is 2. The van der Waals surface area contributed by atoms with Crippen molar-refractivity contribution in [2.45, 2.75) is 26.8 Å². The van der Waals surface area contributed by atoms with Gasteiger partial charge in [0.05, 0.1) is 18.6 Å². The summed E-state index contributed by atoms with van der Waals surface area (Å²) in [5.41, 5.74) is 4.46. The molecule has 3 amide bonds.